The van der Waals surface area contributed by atoms with Crippen molar-refractivity contribution in [2.75, 3.05) is 39.4 Å². The maximum absolute atomic E-state index is 14.4. The molecule has 0 bridgehead atoms. The van der Waals surface area contributed by atoms with Crippen LogP contribution in [-0.2, 0) is 17.8 Å². The summed E-state index contributed by atoms with van der Waals surface area (Å²) in [5.41, 5.74) is 4.47. The highest BCUT2D eigenvalue weighted by molar-refractivity contribution is 5.99. The lowest BCUT2D eigenvalue weighted by Gasteiger charge is -2.28. The smallest absolute Gasteiger partial charge is 0.254 e. The molecule has 4 aromatic rings. The van der Waals surface area contributed by atoms with Gasteiger partial charge < -0.3 is 18.6 Å². The van der Waals surface area contributed by atoms with E-state index in [-0.39, 0.29) is 11.7 Å². The first-order chi connectivity index (χ1) is 18.0. The van der Waals surface area contributed by atoms with Gasteiger partial charge in [0, 0.05) is 53.9 Å². The fourth-order valence-corrected chi connectivity index (χ4v) is 5.12. The Morgan fingerprint density at radius 3 is 2.62 bits per heavy atom. The third-order valence-electron chi connectivity index (χ3n) is 7.39. The van der Waals surface area contributed by atoms with E-state index in [0.29, 0.717) is 30.8 Å². The van der Waals surface area contributed by atoms with Gasteiger partial charge in [0.15, 0.2) is 0 Å². The molecule has 0 saturated carbocycles. The van der Waals surface area contributed by atoms with Gasteiger partial charge in [0.25, 0.3) is 5.91 Å². The molecule has 1 aliphatic heterocycles. The Hall–Kier alpha value is -3.42. The van der Waals surface area contributed by atoms with Crippen LogP contribution in [-0.4, -0.2) is 59.7 Å². The molecular formula is C30H34FN3O3. The number of amides is 1. The van der Waals surface area contributed by atoms with Crippen molar-refractivity contribution in [3.8, 4) is 0 Å². The highest BCUT2D eigenvalue weighted by Gasteiger charge is 2.21. The number of ether oxygens (including phenoxy) is 1. The van der Waals surface area contributed by atoms with Crippen molar-refractivity contribution >= 4 is 16.8 Å². The van der Waals surface area contributed by atoms with E-state index in [2.05, 4.69) is 16.4 Å². The molecule has 0 spiro atoms. The van der Waals surface area contributed by atoms with E-state index >= 15 is 0 Å². The van der Waals surface area contributed by atoms with E-state index < -0.39 is 0 Å². The number of carbonyl (C=O) groups excluding carboxylic acids is 1. The number of carbonyl (C=O) groups is 1. The number of hydrogen-bond acceptors (Lipinski definition) is 4. The van der Waals surface area contributed by atoms with Crippen molar-refractivity contribution in [3.05, 3.63) is 94.8 Å². The Morgan fingerprint density at radius 2 is 1.86 bits per heavy atom. The van der Waals surface area contributed by atoms with Gasteiger partial charge in [-0.15, -0.1) is 0 Å². The van der Waals surface area contributed by atoms with Crippen LogP contribution in [0.5, 0.6) is 0 Å². The first-order valence-corrected chi connectivity index (χ1v) is 13.0. The van der Waals surface area contributed by atoms with Crippen molar-refractivity contribution in [2.45, 2.75) is 33.4 Å². The fraction of sp³-hybridized carbons (Fsp3) is 0.367. The molecule has 3 heterocycles. The first-order valence-electron chi connectivity index (χ1n) is 13.0. The summed E-state index contributed by atoms with van der Waals surface area (Å²) in [6.45, 7) is 9.97. The van der Waals surface area contributed by atoms with E-state index in [0.717, 1.165) is 67.2 Å². The highest BCUT2D eigenvalue weighted by atomic mass is 19.1. The van der Waals surface area contributed by atoms with E-state index in [4.69, 9.17) is 9.15 Å². The lowest BCUT2D eigenvalue weighted by Crippen LogP contribution is -2.39. The van der Waals surface area contributed by atoms with Crippen molar-refractivity contribution < 1.29 is 18.3 Å². The molecule has 0 radical (unpaired) electrons. The monoisotopic (exact) mass is 503 g/mol. The summed E-state index contributed by atoms with van der Waals surface area (Å²) in [5, 5.41) is 1.02. The summed E-state index contributed by atoms with van der Waals surface area (Å²) in [6.07, 6.45) is 2.52. The van der Waals surface area contributed by atoms with E-state index in [1.165, 1.54) is 6.07 Å². The normalized spacial score (nSPS) is 14.4. The third-order valence-corrected chi connectivity index (χ3v) is 7.39. The van der Waals surface area contributed by atoms with E-state index in [9.17, 15) is 9.18 Å². The first kappa shape index (κ1) is 25.2. The number of benzene rings is 2. The SMILES string of the molecule is Cc1c(C)n(Cc2ccccc2F)c2ccc(C(=O)N(CCCN3CCOCC3)Cc3ccco3)cc12. The van der Waals surface area contributed by atoms with Gasteiger partial charge in [-0.2, -0.15) is 0 Å². The van der Waals surface area contributed by atoms with Gasteiger partial charge in [0.2, 0.25) is 0 Å². The number of furan rings is 1. The van der Waals surface area contributed by atoms with Crippen LogP contribution in [0.2, 0.25) is 0 Å². The minimum Gasteiger partial charge on any atom is -0.467 e. The zero-order valence-electron chi connectivity index (χ0n) is 21.6. The summed E-state index contributed by atoms with van der Waals surface area (Å²) in [4.78, 5) is 18.0. The van der Waals surface area contributed by atoms with Crippen LogP contribution >= 0.6 is 0 Å². The molecule has 1 amide bonds. The number of nitrogens with zero attached hydrogens (tertiary/aromatic N) is 3. The zero-order chi connectivity index (χ0) is 25.8. The Morgan fingerprint density at radius 1 is 1.05 bits per heavy atom. The number of morpholine rings is 1. The highest BCUT2D eigenvalue weighted by Crippen LogP contribution is 2.28. The van der Waals surface area contributed by atoms with Gasteiger partial charge in [-0.05, 0) is 62.2 Å². The Balaban J connectivity index is 1.38. The summed E-state index contributed by atoms with van der Waals surface area (Å²) < 4.78 is 27.5. The number of aromatic nitrogens is 1. The van der Waals surface area contributed by atoms with Gasteiger partial charge in [0.1, 0.15) is 11.6 Å². The number of aryl methyl sites for hydroxylation is 1. The van der Waals surface area contributed by atoms with E-state index in [1.54, 1.807) is 12.3 Å². The van der Waals surface area contributed by atoms with Gasteiger partial charge in [-0.3, -0.25) is 9.69 Å². The zero-order valence-corrected chi connectivity index (χ0v) is 21.6. The third kappa shape index (κ3) is 5.63. The van der Waals surface area contributed by atoms with Gasteiger partial charge in [0.05, 0.1) is 32.6 Å². The molecule has 0 unspecified atom stereocenters. The van der Waals surface area contributed by atoms with Crippen LogP contribution in [0, 0.1) is 19.7 Å². The number of halogens is 1. The van der Waals surface area contributed by atoms with Gasteiger partial charge in [-0.25, -0.2) is 4.39 Å². The maximum Gasteiger partial charge on any atom is 0.254 e. The minimum absolute atomic E-state index is 0.0146. The fourth-order valence-electron chi connectivity index (χ4n) is 5.12. The molecule has 0 aliphatic carbocycles. The largest absolute Gasteiger partial charge is 0.467 e. The maximum atomic E-state index is 14.4. The van der Waals surface area contributed by atoms with Crippen LogP contribution in [0.1, 0.15) is 39.4 Å². The Kier molecular flexibility index (Phi) is 7.72. The van der Waals surface area contributed by atoms with Crippen LogP contribution in [0.3, 0.4) is 0 Å². The summed E-state index contributed by atoms with van der Waals surface area (Å²) in [6, 6.07) is 16.5. The van der Waals surface area contributed by atoms with E-state index in [1.807, 2.05) is 54.3 Å². The minimum atomic E-state index is -0.209. The van der Waals surface area contributed by atoms with Crippen molar-refractivity contribution in [2.24, 2.45) is 0 Å². The summed E-state index contributed by atoms with van der Waals surface area (Å²) in [5.74, 6) is 0.543. The molecule has 7 heteroatoms. The molecule has 194 valence electrons. The Bertz CT molecular complexity index is 1360. The molecule has 5 rings (SSSR count). The second-order valence-corrected chi connectivity index (χ2v) is 9.73. The quantitative estimate of drug-likeness (QED) is 0.307. The topological polar surface area (TPSA) is 50.9 Å². The molecule has 1 aliphatic rings. The average Bonchev–Trinajstić information content (AvgIpc) is 3.52. The molecule has 0 atom stereocenters. The molecule has 6 nitrogen and oxygen atoms in total. The second-order valence-electron chi connectivity index (χ2n) is 9.73. The molecule has 1 saturated heterocycles. The van der Waals surface area contributed by atoms with Crippen LogP contribution in [0.25, 0.3) is 10.9 Å². The van der Waals surface area contributed by atoms with Crippen molar-refractivity contribution in [1.82, 2.24) is 14.4 Å². The number of fused-ring (bicyclic) bond motifs is 1. The predicted molar refractivity (Wildman–Crippen MR) is 142 cm³/mol. The standard InChI is InChI=1S/C30H34FN3O3/c1-22-23(2)34(20-25-7-3-4-9-28(25)31)29-11-10-24(19-27(22)29)30(35)33(21-26-8-5-16-37-26)13-6-12-32-14-17-36-18-15-32/h3-5,7-11,16,19H,6,12-15,17-18,20-21H2,1-2H3. The summed E-state index contributed by atoms with van der Waals surface area (Å²) >= 11 is 0. The number of rotatable bonds is 9. The lowest BCUT2D eigenvalue weighted by molar-refractivity contribution is 0.0354. The molecule has 0 N–H and O–H groups in total. The molecule has 1 fully saturated rings. The number of hydrogen-bond donors (Lipinski definition) is 0. The molecule has 37 heavy (non-hydrogen) atoms. The van der Waals surface area contributed by atoms with Crippen molar-refractivity contribution in [1.29, 1.82) is 0 Å². The Labute approximate surface area is 217 Å². The van der Waals surface area contributed by atoms with Gasteiger partial charge in [-0.1, -0.05) is 18.2 Å². The molecule has 2 aromatic heterocycles. The second kappa shape index (κ2) is 11.3. The molecule has 2 aromatic carbocycles. The van der Waals surface area contributed by atoms with Gasteiger partial charge >= 0.3 is 0 Å². The van der Waals surface area contributed by atoms with Crippen LogP contribution < -0.4 is 0 Å². The predicted octanol–water partition coefficient (Wildman–Crippen LogP) is 5.40. The lowest BCUT2D eigenvalue weighted by atomic mass is 10.1. The average molecular weight is 504 g/mol. The summed E-state index contributed by atoms with van der Waals surface area (Å²) in [7, 11) is 0. The van der Waals surface area contributed by atoms with Crippen molar-refractivity contribution in [3.63, 3.8) is 0 Å². The van der Waals surface area contributed by atoms with Crippen LogP contribution in [0.4, 0.5) is 4.39 Å². The molecular weight excluding hydrogens is 469 g/mol. The van der Waals surface area contributed by atoms with Crippen LogP contribution in [0.15, 0.2) is 65.3 Å².